The molecule has 1 aromatic carbocycles. The fraction of sp³-hybridized carbons (Fsp3) is 0.417. The van der Waals surface area contributed by atoms with Crippen LogP contribution in [0.4, 0.5) is 0 Å². The monoisotopic (exact) mass is 303 g/mol. The Morgan fingerprint density at radius 2 is 1.89 bits per heavy atom. The third-order valence-electron chi connectivity index (χ3n) is 3.26. The zero-order valence-corrected chi connectivity index (χ0v) is 11.6. The van der Waals surface area contributed by atoms with Crippen LogP contribution in [0, 0.1) is 5.92 Å². The molecule has 2 atom stereocenters. The van der Waals surface area contributed by atoms with Gasteiger partial charge in [0.05, 0.1) is 10.8 Å². The van der Waals surface area contributed by atoms with Crippen LogP contribution in [-0.2, 0) is 14.8 Å². The lowest BCUT2D eigenvalue weighted by Gasteiger charge is -2.17. The van der Waals surface area contributed by atoms with Crippen molar-refractivity contribution in [2.45, 2.75) is 30.2 Å². The van der Waals surface area contributed by atoms with Crippen molar-refractivity contribution in [2.24, 2.45) is 5.92 Å². The van der Waals surface area contributed by atoms with Crippen LogP contribution in [0.3, 0.4) is 0 Å². The average molecular weight is 304 g/mol. The second-order valence-corrected chi connectivity index (χ2v) is 6.71. The van der Waals surface area contributed by atoms with E-state index >= 15 is 0 Å². The Balaban J connectivity index is 2.17. The highest BCUT2D eigenvalue weighted by Crippen LogP contribution is 2.27. The molecule has 0 aromatic heterocycles. The predicted molar refractivity (Wildman–Crippen MR) is 70.5 cm³/mol. The molecule has 1 aliphatic carbocycles. The molecule has 1 aromatic rings. The molecule has 0 radical (unpaired) electrons. The molecular weight excluding hydrogens is 290 g/mol. The summed E-state index contributed by atoms with van der Waals surface area (Å²) in [5, 5.41) is 9.48. The van der Waals surface area contributed by atoms with Crippen LogP contribution in [0.5, 0.6) is 0 Å². The predicted octanol–water partition coefficient (Wildman–Crippen LogP) is 1.87. The minimum absolute atomic E-state index is 0.0907. The fourth-order valence-electron chi connectivity index (χ4n) is 2.28. The third-order valence-corrected chi connectivity index (χ3v) is 5.02. The molecule has 5 nitrogen and oxygen atoms in total. The van der Waals surface area contributed by atoms with Crippen molar-refractivity contribution in [1.82, 2.24) is 4.72 Å². The maximum Gasteiger partial charge on any atom is 0.308 e. The lowest BCUT2D eigenvalue weighted by Crippen LogP contribution is -2.40. The largest absolute Gasteiger partial charge is 0.481 e. The molecule has 0 heterocycles. The number of rotatable bonds is 4. The Bertz CT molecular complexity index is 570. The van der Waals surface area contributed by atoms with E-state index in [1.807, 2.05) is 0 Å². The van der Waals surface area contributed by atoms with Gasteiger partial charge in [-0.2, -0.15) is 0 Å². The summed E-state index contributed by atoms with van der Waals surface area (Å²) in [6.45, 7) is 0. The summed E-state index contributed by atoms with van der Waals surface area (Å²) in [5.41, 5.74) is 0. The molecule has 7 heteroatoms. The topological polar surface area (TPSA) is 83.5 Å². The molecule has 0 amide bonds. The van der Waals surface area contributed by atoms with Gasteiger partial charge in [0.15, 0.2) is 0 Å². The van der Waals surface area contributed by atoms with Crippen molar-refractivity contribution < 1.29 is 18.3 Å². The zero-order valence-electron chi connectivity index (χ0n) is 10.0. The molecule has 0 bridgehead atoms. The van der Waals surface area contributed by atoms with Gasteiger partial charge >= 0.3 is 5.97 Å². The van der Waals surface area contributed by atoms with E-state index in [1.165, 1.54) is 24.3 Å². The average Bonchev–Trinajstić information content (AvgIpc) is 2.77. The Morgan fingerprint density at radius 3 is 2.47 bits per heavy atom. The van der Waals surface area contributed by atoms with E-state index in [0.29, 0.717) is 24.3 Å². The first kappa shape index (κ1) is 14.3. The molecule has 0 saturated heterocycles. The Labute approximate surface area is 116 Å². The maximum atomic E-state index is 12.1. The molecular formula is C12H14ClNO4S. The minimum Gasteiger partial charge on any atom is -0.481 e. The molecule has 0 aliphatic heterocycles. The number of benzene rings is 1. The van der Waals surface area contributed by atoms with Gasteiger partial charge in [-0.25, -0.2) is 13.1 Å². The summed E-state index contributed by atoms with van der Waals surface area (Å²) >= 11 is 5.70. The first-order valence-corrected chi connectivity index (χ1v) is 7.77. The molecule has 1 fully saturated rings. The van der Waals surface area contributed by atoms with E-state index in [-0.39, 0.29) is 4.90 Å². The molecule has 19 heavy (non-hydrogen) atoms. The number of nitrogens with one attached hydrogen (secondary N) is 1. The van der Waals surface area contributed by atoms with Gasteiger partial charge in [0.1, 0.15) is 0 Å². The first-order chi connectivity index (χ1) is 8.90. The van der Waals surface area contributed by atoms with Crippen LogP contribution in [0.15, 0.2) is 29.2 Å². The van der Waals surface area contributed by atoms with E-state index in [1.54, 1.807) is 0 Å². The molecule has 1 aliphatic rings. The SMILES string of the molecule is O=C(O)C1CCCC1NS(=O)(=O)c1ccc(Cl)cc1. The number of carboxylic acids is 1. The lowest BCUT2D eigenvalue weighted by atomic mass is 10.1. The molecule has 104 valence electrons. The zero-order chi connectivity index (χ0) is 14.0. The Hall–Kier alpha value is -1.11. The van der Waals surface area contributed by atoms with Gasteiger partial charge in [0.2, 0.25) is 10.0 Å². The van der Waals surface area contributed by atoms with E-state index in [2.05, 4.69) is 4.72 Å². The number of sulfonamides is 1. The van der Waals surface area contributed by atoms with Crippen LogP contribution in [-0.4, -0.2) is 25.5 Å². The van der Waals surface area contributed by atoms with Gasteiger partial charge in [-0.3, -0.25) is 4.79 Å². The van der Waals surface area contributed by atoms with Crippen molar-refractivity contribution in [2.75, 3.05) is 0 Å². The van der Waals surface area contributed by atoms with E-state index in [0.717, 1.165) is 0 Å². The van der Waals surface area contributed by atoms with Crippen LogP contribution < -0.4 is 4.72 Å². The molecule has 2 rings (SSSR count). The van der Waals surface area contributed by atoms with Crippen molar-refractivity contribution in [3.63, 3.8) is 0 Å². The Kier molecular flexibility index (Phi) is 4.13. The first-order valence-electron chi connectivity index (χ1n) is 5.91. The van der Waals surface area contributed by atoms with Crippen LogP contribution in [0.2, 0.25) is 5.02 Å². The van der Waals surface area contributed by atoms with Crippen LogP contribution >= 0.6 is 11.6 Å². The van der Waals surface area contributed by atoms with Crippen molar-refractivity contribution in [3.8, 4) is 0 Å². The fourth-order valence-corrected chi connectivity index (χ4v) is 3.71. The lowest BCUT2D eigenvalue weighted by molar-refractivity contribution is -0.141. The minimum atomic E-state index is -3.70. The Morgan fingerprint density at radius 1 is 1.26 bits per heavy atom. The summed E-state index contributed by atoms with van der Waals surface area (Å²) in [6, 6.07) is 5.22. The highest BCUT2D eigenvalue weighted by atomic mass is 35.5. The van der Waals surface area contributed by atoms with E-state index < -0.39 is 28.0 Å². The van der Waals surface area contributed by atoms with Gasteiger partial charge in [-0.05, 0) is 37.1 Å². The van der Waals surface area contributed by atoms with E-state index in [9.17, 15) is 13.2 Å². The van der Waals surface area contributed by atoms with Gasteiger partial charge in [-0.15, -0.1) is 0 Å². The molecule has 2 unspecified atom stereocenters. The van der Waals surface area contributed by atoms with Crippen molar-refractivity contribution >= 4 is 27.6 Å². The summed E-state index contributed by atoms with van der Waals surface area (Å²) in [5.74, 6) is -1.61. The second-order valence-electron chi connectivity index (χ2n) is 4.56. The van der Waals surface area contributed by atoms with Gasteiger partial charge < -0.3 is 5.11 Å². The van der Waals surface area contributed by atoms with Crippen molar-refractivity contribution in [3.05, 3.63) is 29.3 Å². The van der Waals surface area contributed by atoms with Crippen LogP contribution in [0.1, 0.15) is 19.3 Å². The number of carbonyl (C=O) groups is 1. The van der Waals surface area contributed by atoms with Gasteiger partial charge in [0, 0.05) is 11.1 Å². The summed E-state index contributed by atoms with van der Waals surface area (Å²) in [6.07, 6.45) is 1.76. The van der Waals surface area contributed by atoms with Crippen molar-refractivity contribution in [1.29, 1.82) is 0 Å². The quantitative estimate of drug-likeness (QED) is 0.889. The number of hydrogen-bond acceptors (Lipinski definition) is 3. The normalized spacial score (nSPS) is 23.4. The number of hydrogen-bond donors (Lipinski definition) is 2. The highest BCUT2D eigenvalue weighted by Gasteiger charge is 2.35. The standard InChI is InChI=1S/C12H14ClNO4S/c13-8-4-6-9(7-5-8)19(17,18)14-11-3-1-2-10(11)12(15)16/h4-7,10-11,14H,1-3H2,(H,15,16). The second kappa shape index (κ2) is 5.48. The maximum absolute atomic E-state index is 12.1. The summed E-state index contributed by atoms with van der Waals surface area (Å²) in [7, 11) is -3.70. The third kappa shape index (κ3) is 3.26. The van der Waals surface area contributed by atoms with Gasteiger partial charge in [0.25, 0.3) is 0 Å². The summed E-state index contributed by atoms with van der Waals surface area (Å²) in [4.78, 5) is 11.1. The van der Waals surface area contributed by atoms with Crippen LogP contribution in [0.25, 0.3) is 0 Å². The molecule has 2 N–H and O–H groups in total. The smallest absolute Gasteiger partial charge is 0.308 e. The van der Waals surface area contributed by atoms with Gasteiger partial charge in [-0.1, -0.05) is 18.0 Å². The number of aliphatic carboxylic acids is 1. The number of carboxylic acid groups (broad SMARTS) is 1. The highest BCUT2D eigenvalue weighted by molar-refractivity contribution is 7.89. The summed E-state index contributed by atoms with van der Waals surface area (Å²) < 4.78 is 26.7. The molecule has 0 spiro atoms. The molecule has 1 saturated carbocycles. The van der Waals surface area contributed by atoms with E-state index in [4.69, 9.17) is 16.7 Å². The number of halogens is 1.